The highest BCUT2D eigenvalue weighted by molar-refractivity contribution is 5.82. The molecule has 1 fully saturated rings. The minimum atomic E-state index is 0.138. The van der Waals surface area contributed by atoms with E-state index in [2.05, 4.69) is 17.3 Å². The van der Waals surface area contributed by atoms with Crippen LogP contribution in [0.1, 0.15) is 31.9 Å². The molecule has 1 aliphatic rings. The molecule has 1 aromatic rings. The number of hydrogen-bond acceptors (Lipinski definition) is 4. The summed E-state index contributed by atoms with van der Waals surface area (Å²) < 4.78 is 1.85. The number of aryl methyl sites for hydroxylation is 2. The smallest absolute Gasteiger partial charge is 0.241 e. The van der Waals surface area contributed by atoms with Crippen molar-refractivity contribution in [1.82, 2.24) is 14.7 Å². The lowest BCUT2D eigenvalue weighted by Gasteiger charge is -2.16. The number of nitrogens with one attached hydrogen (secondary N) is 1. The Bertz CT molecular complexity index is 448. The van der Waals surface area contributed by atoms with Crippen molar-refractivity contribution < 1.29 is 4.79 Å². The summed E-state index contributed by atoms with van der Waals surface area (Å²) in [6.45, 7) is 6.82. The Morgan fingerprint density at radius 1 is 1.42 bits per heavy atom. The molecular formula is C13H23N5O. The molecule has 1 saturated heterocycles. The zero-order chi connectivity index (χ0) is 13.8. The second kappa shape index (κ2) is 5.95. The Hall–Kier alpha value is -1.72. The van der Waals surface area contributed by atoms with Crippen molar-refractivity contribution in [3.05, 3.63) is 5.69 Å². The molecule has 0 spiro atoms. The fraction of sp³-hybridized carbons (Fsp3) is 0.692. The predicted octanol–water partition coefficient (Wildman–Crippen LogP) is 1.22. The maximum atomic E-state index is 12.0. The number of carbonyl (C=O) groups excluding carboxylic acids is 1. The van der Waals surface area contributed by atoms with Gasteiger partial charge in [0.25, 0.3) is 0 Å². The molecule has 2 heterocycles. The number of amides is 1. The van der Waals surface area contributed by atoms with E-state index in [0.717, 1.165) is 50.4 Å². The molecule has 1 aliphatic heterocycles. The number of hydrogen-bond donors (Lipinski definition) is 2. The first-order valence-corrected chi connectivity index (χ1v) is 6.98. The normalized spacial score (nSPS) is 14.9. The summed E-state index contributed by atoms with van der Waals surface area (Å²) in [5.41, 5.74) is 7.45. The minimum absolute atomic E-state index is 0.138. The highest BCUT2D eigenvalue weighted by atomic mass is 16.2. The first-order valence-electron chi connectivity index (χ1n) is 6.98. The average Bonchev–Trinajstić information content (AvgIpc) is 2.99. The molecule has 0 unspecified atom stereocenters. The molecule has 106 valence electrons. The molecule has 2 rings (SSSR count). The maximum Gasteiger partial charge on any atom is 0.241 e. The zero-order valence-electron chi connectivity index (χ0n) is 11.8. The lowest BCUT2D eigenvalue weighted by Crippen LogP contribution is -2.33. The second-order valence-corrected chi connectivity index (χ2v) is 5.01. The van der Waals surface area contributed by atoms with Gasteiger partial charge in [0.15, 0.2) is 0 Å². The van der Waals surface area contributed by atoms with Crippen LogP contribution < -0.4 is 11.1 Å². The van der Waals surface area contributed by atoms with Crippen molar-refractivity contribution in [1.29, 1.82) is 0 Å². The van der Waals surface area contributed by atoms with Gasteiger partial charge in [0.05, 0.1) is 17.9 Å². The first-order chi connectivity index (χ1) is 9.13. The Labute approximate surface area is 113 Å². The van der Waals surface area contributed by atoms with E-state index in [1.807, 2.05) is 16.5 Å². The molecular weight excluding hydrogens is 242 g/mol. The van der Waals surface area contributed by atoms with Crippen LogP contribution in [-0.4, -0.2) is 40.2 Å². The summed E-state index contributed by atoms with van der Waals surface area (Å²) in [7, 11) is 0. The quantitative estimate of drug-likeness (QED) is 0.839. The Morgan fingerprint density at radius 2 is 2.11 bits per heavy atom. The third-order valence-corrected chi connectivity index (χ3v) is 3.47. The third-order valence-electron chi connectivity index (χ3n) is 3.47. The number of aromatic nitrogens is 2. The van der Waals surface area contributed by atoms with Gasteiger partial charge in [0.2, 0.25) is 5.91 Å². The Morgan fingerprint density at radius 3 is 2.74 bits per heavy atom. The van der Waals surface area contributed by atoms with Gasteiger partial charge in [-0.25, -0.2) is 4.68 Å². The van der Waals surface area contributed by atoms with Crippen molar-refractivity contribution >= 4 is 17.4 Å². The topological polar surface area (TPSA) is 76.2 Å². The van der Waals surface area contributed by atoms with Gasteiger partial charge in [-0.15, -0.1) is 0 Å². The second-order valence-electron chi connectivity index (χ2n) is 5.01. The standard InChI is InChI=1S/C13H23N5O/c1-3-6-18-13(12(14)10(2)16-18)15-9-11(19)17-7-4-5-8-17/h15H,3-9,14H2,1-2H3. The van der Waals surface area contributed by atoms with Gasteiger partial charge in [-0.05, 0) is 26.2 Å². The van der Waals surface area contributed by atoms with Crippen molar-refractivity contribution in [2.24, 2.45) is 0 Å². The first kappa shape index (κ1) is 13.7. The SMILES string of the molecule is CCCn1nc(C)c(N)c1NCC(=O)N1CCCC1. The van der Waals surface area contributed by atoms with Gasteiger partial charge in [0.1, 0.15) is 5.82 Å². The molecule has 1 amide bonds. The minimum Gasteiger partial charge on any atom is -0.394 e. The van der Waals surface area contributed by atoms with E-state index in [0.29, 0.717) is 12.2 Å². The molecule has 0 aromatic carbocycles. The molecule has 0 atom stereocenters. The summed E-state index contributed by atoms with van der Waals surface area (Å²) in [4.78, 5) is 13.9. The van der Waals surface area contributed by atoms with Crippen LogP contribution >= 0.6 is 0 Å². The van der Waals surface area contributed by atoms with E-state index >= 15 is 0 Å². The Balaban J connectivity index is 1.99. The van der Waals surface area contributed by atoms with E-state index in [4.69, 9.17) is 5.73 Å². The van der Waals surface area contributed by atoms with Crippen LogP contribution in [0.25, 0.3) is 0 Å². The number of nitrogen functional groups attached to an aromatic ring is 1. The predicted molar refractivity (Wildman–Crippen MR) is 76.0 cm³/mol. The van der Waals surface area contributed by atoms with Crippen molar-refractivity contribution in [2.45, 2.75) is 39.7 Å². The number of anilines is 2. The van der Waals surface area contributed by atoms with Gasteiger partial charge >= 0.3 is 0 Å². The average molecular weight is 265 g/mol. The number of nitrogens with zero attached hydrogens (tertiary/aromatic N) is 3. The number of rotatable bonds is 5. The molecule has 6 nitrogen and oxygen atoms in total. The number of likely N-dealkylation sites (tertiary alicyclic amines) is 1. The van der Waals surface area contributed by atoms with Crippen LogP contribution in [0.4, 0.5) is 11.5 Å². The lowest BCUT2D eigenvalue weighted by molar-refractivity contribution is -0.128. The molecule has 6 heteroatoms. The van der Waals surface area contributed by atoms with Gasteiger partial charge in [-0.2, -0.15) is 5.10 Å². The van der Waals surface area contributed by atoms with Crippen molar-refractivity contribution in [3.8, 4) is 0 Å². The zero-order valence-corrected chi connectivity index (χ0v) is 11.8. The number of nitrogens with two attached hydrogens (primary N) is 1. The van der Waals surface area contributed by atoms with Crippen LogP contribution in [0.15, 0.2) is 0 Å². The summed E-state index contributed by atoms with van der Waals surface area (Å²) in [6, 6.07) is 0. The molecule has 1 aromatic heterocycles. The number of carbonyl (C=O) groups is 1. The lowest BCUT2D eigenvalue weighted by atomic mass is 10.3. The van der Waals surface area contributed by atoms with E-state index in [-0.39, 0.29) is 5.91 Å². The monoisotopic (exact) mass is 265 g/mol. The van der Waals surface area contributed by atoms with Crippen LogP contribution in [0.2, 0.25) is 0 Å². The molecule has 0 bridgehead atoms. The molecule has 0 saturated carbocycles. The maximum absolute atomic E-state index is 12.0. The summed E-state index contributed by atoms with van der Waals surface area (Å²) in [6.07, 6.45) is 3.21. The summed E-state index contributed by atoms with van der Waals surface area (Å²) in [5.74, 6) is 0.908. The van der Waals surface area contributed by atoms with Gasteiger partial charge in [0, 0.05) is 19.6 Å². The van der Waals surface area contributed by atoms with Gasteiger partial charge in [-0.3, -0.25) is 4.79 Å². The largest absolute Gasteiger partial charge is 0.394 e. The van der Waals surface area contributed by atoms with E-state index < -0.39 is 0 Å². The van der Waals surface area contributed by atoms with Crippen LogP contribution in [0.3, 0.4) is 0 Å². The molecule has 0 aliphatic carbocycles. The van der Waals surface area contributed by atoms with Crippen LogP contribution in [-0.2, 0) is 11.3 Å². The van der Waals surface area contributed by atoms with Crippen LogP contribution in [0, 0.1) is 6.92 Å². The van der Waals surface area contributed by atoms with E-state index in [9.17, 15) is 4.79 Å². The highest BCUT2D eigenvalue weighted by Crippen LogP contribution is 2.22. The fourth-order valence-electron chi connectivity index (χ4n) is 2.39. The molecule has 0 radical (unpaired) electrons. The third kappa shape index (κ3) is 3.00. The Kier molecular flexibility index (Phi) is 4.29. The summed E-state index contributed by atoms with van der Waals surface area (Å²) in [5, 5.41) is 7.53. The van der Waals surface area contributed by atoms with Crippen LogP contribution in [0.5, 0.6) is 0 Å². The molecule has 3 N–H and O–H groups in total. The van der Waals surface area contributed by atoms with E-state index in [1.54, 1.807) is 0 Å². The van der Waals surface area contributed by atoms with Gasteiger partial charge < -0.3 is 16.0 Å². The summed E-state index contributed by atoms with van der Waals surface area (Å²) >= 11 is 0. The van der Waals surface area contributed by atoms with Crippen molar-refractivity contribution in [2.75, 3.05) is 30.7 Å². The fourth-order valence-corrected chi connectivity index (χ4v) is 2.39. The van der Waals surface area contributed by atoms with Gasteiger partial charge in [-0.1, -0.05) is 6.92 Å². The highest BCUT2D eigenvalue weighted by Gasteiger charge is 2.19. The van der Waals surface area contributed by atoms with E-state index in [1.165, 1.54) is 0 Å². The molecule has 19 heavy (non-hydrogen) atoms. The van der Waals surface area contributed by atoms with Crippen molar-refractivity contribution in [3.63, 3.8) is 0 Å².